The average molecular weight is 808 g/mol. The third kappa shape index (κ3) is 17.0. The van der Waals surface area contributed by atoms with Gasteiger partial charge in [0.15, 0.2) is 10.3 Å². The maximum absolute atomic E-state index is 11.8. The van der Waals surface area contributed by atoms with Crippen LogP contribution >= 0.6 is 22.7 Å². The number of aromatic nitrogens is 3. The van der Waals surface area contributed by atoms with E-state index in [1.807, 2.05) is 97.4 Å². The first kappa shape index (κ1) is 44.2. The van der Waals surface area contributed by atoms with Crippen molar-refractivity contribution in [3.63, 3.8) is 0 Å². The van der Waals surface area contributed by atoms with Gasteiger partial charge in [-0.25, -0.2) is 9.97 Å². The molecule has 2 aromatic carbocycles. The molecule has 0 spiro atoms. The number of ether oxygens (including phenoxy) is 1. The minimum absolute atomic E-state index is 0.00639. The van der Waals surface area contributed by atoms with Gasteiger partial charge in [0.05, 0.1) is 18.0 Å². The summed E-state index contributed by atoms with van der Waals surface area (Å²) >= 11 is 2.89. The summed E-state index contributed by atoms with van der Waals surface area (Å²) in [5.74, 6) is 1.11. The molecule has 2 aliphatic rings. The van der Waals surface area contributed by atoms with Gasteiger partial charge >= 0.3 is 0 Å². The standard InChI is InChI=1S/C13H18N2O.C13H17NO2.C9H11N3S.C8H7N3S/c1-10-2-4-12(5-3-10)13(16)15-9-11-6-7-14-8-11;1-10-2-4-12(5-3-10)13(15)14-8-11-6-7-16-9-11;1-2-11-6-4-3-5-8-7-13-9(10)12-8;9-8-11-7(5-12-8)6-2-1-3-10-4-6/h2-5,11,14H,6-9H2,1H3,(H,15,16);2-5,11H,6-9H2,1H3,(H,14,15);2-4,6-7H,1,5H2,(H2,10,12);1-5H,(H2,9,11)/b;;4-3-,11-6?;. The van der Waals surface area contributed by atoms with E-state index in [1.165, 1.54) is 40.0 Å². The van der Waals surface area contributed by atoms with Crippen molar-refractivity contribution in [3.05, 3.63) is 137 Å². The Balaban J connectivity index is 0.000000170. The summed E-state index contributed by atoms with van der Waals surface area (Å²) in [6.45, 7) is 12.7. The highest BCUT2D eigenvalue weighted by molar-refractivity contribution is 7.14. The molecule has 3 aromatic heterocycles. The number of pyridine rings is 1. The molecule has 5 heterocycles. The SMILES string of the molecule is C=CN=C/C=C\Cc1csc(N)n1.Cc1ccc(C(=O)NCC2CCNC2)cc1.Cc1ccc(C(=O)NCC2CCOC2)cc1.Nc1nc(-c2cccnc2)cs1. The number of hydrogen-bond acceptors (Lipinski definition) is 12. The third-order valence-electron chi connectivity index (χ3n) is 8.71. The van der Waals surface area contributed by atoms with Crippen LogP contribution < -0.4 is 27.4 Å². The van der Waals surface area contributed by atoms with E-state index >= 15 is 0 Å². The van der Waals surface area contributed by atoms with Crippen molar-refractivity contribution in [1.82, 2.24) is 30.9 Å². The van der Waals surface area contributed by atoms with Gasteiger partial charge < -0.3 is 32.2 Å². The number of nitrogens with two attached hydrogens (primary N) is 2. The van der Waals surface area contributed by atoms with Crippen LogP contribution in [0.2, 0.25) is 0 Å². The summed E-state index contributed by atoms with van der Waals surface area (Å²) in [5, 5.41) is 14.3. The summed E-state index contributed by atoms with van der Waals surface area (Å²) in [4.78, 5) is 39.6. The van der Waals surface area contributed by atoms with Crippen molar-refractivity contribution >= 4 is 51.0 Å². The first-order chi connectivity index (χ1) is 27.7. The number of aliphatic imine (C=N–C) groups is 1. The highest BCUT2D eigenvalue weighted by Gasteiger charge is 2.17. The second-order valence-electron chi connectivity index (χ2n) is 13.3. The largest absolute Gasteiger partial charge is 0.381 e. The molecule has 5 aromatic rings. The molecule has 2 amide bonds. The molecule has 2 saturated heterocycles. The number of hydrogen-bond donors (Lipinski definition) is 5. The van der Waals surface area contributed by atoms with Crippen molar-refractivity contribution in [2.24, 2.45) is 16.8 Å². The van der Waals surface area contributed by atoms with Gasteiger partial charge in [0.2, 0.25) is 0 Å². The molecule has 0 bridgehead atoms. The number of amides is 2. The minimum Gasteiger partial charge on any atom is -0.381 e. The van der Waals surface area contributed by atoms with Gasteiger partial charge in [0.1, 0.15) is 0 Å². The maximum atomic E-state index is 11.8. The van der Waals surface area contributed by atoms with Gasteiger partial charge in [-0.1, -0.05) is 48.0 Å². The smallest absolute Gasteiger partial charge is 0.251 e. The molecular formula is C43H53N9O3S2. The van der Waals surface area contributed by atoms with Crippen LogP contribution in [0.3, 0.4) is 0 Å². The molecule has 0 aliphatic carbocycles. The van der Waals surface area contributed by atoms with Crippen LogP contribution in [0.25, 0.3) is 11.3 Å². The molecule has 57 heavy (non-hydrogen) atoms. The predicted molar refractivity (Wildman–Crippen MR) is 235 cm³/mol. The van der Waals surface area contributed by atoms with Crippen LogP contribution in [0.15, 0.2) is 114 Å². The van der Waals surface area contributed by atoms with E-state index in [0.717, 1.165) is 80.2 Å². The molecule has 0 radical (unpaired) electrons. The first-order valence-corrected chi connectivity index (χ1v) is 20.5. The summed E-state index contributed by atoms with van der Waals surface area (Å²) in [6, 6.07) is 19.1. The lowest BCUT2D eigenvalue weighted by molar-refractivity contribution is 0.0938. The van der Waals surface area contributed by atoms with Crippen molar-refractivity contribution in [3.8, 4) is 11.3 Å². The zero-order valence-corrected chi connectivity index (χ0v) is 34.2. The number of thiazole rings is 2. The Kier molecular flexibility index (Phi) is 19.3. The highest BCUT2D eigenvalue weighted by Crippen LogP contribution is 2.21. The Morgan fingerprint density at radius 1 is 0.912 bits per heavy atom. The summed E-state index contributed by atoms with van der Waals surface area (Å²) < 4.78 is 5.26. The molecule has 7 rings (SSSR count). The molecular weight excluding hydrogens is 755 g/mol. The number of allylic oxidation sites excluding steroid dienone is 2. The van der Waals surface area contributed by atoms with E-state index in [-0.39, 0.29) is 11.8 Å². The Morgan fingerprint density at radius 2 is 1.56 bits per heavy atom. The van der Waals surface area contributed by atoms with Gasteiger partial charge in [0.25, 0.3) is 11.8 Å². The van der Waals surface area contributed by atoms with Crippen LogP contribution in [0, 0.1) is 25.7 Å². The number of carbonyl (C=O) groups excluding carboxylic acids is 2. The zero-order chi connectivity index (χ0) is 40.7. The van der Waals surface area contributed by atoms with E-state index in [2.05, 4.69) is 42.5 Å². The molecule has 2 atom stereocenters. The summed E-state index contributed by atoms with van der Waals surface area (Å²) in [5.41, 5.74) is 17.7. The Bertz CT molecular complexity index is 1910. The lowest BCUT2D eigenvalue weighted by Crippen LogP contribution is -2.30. The van der Waals surface area contributed by atoms with Gasteiger partial charge in [-0.2, -0.15) is 0 Å². The molecule has 0 saturated carbocycles. The molecule has 7 N–H and O–H groups in total. The number of benzene rings is 2. The second kappa shape index (κ2) is 24.9. The number of carbonyl (C=O) groups is 2. The van der Waals surface area contributed by atoms with Crippen molar-refractivity contribution in [2.45, 2.75) is 33.1 Å². The molecule has 14 heteroatoms. The lowest BCUT2D eigenvalue weighted by atomic mass is 10.1. The van der Waals surface area contributed by atoms with Gasteiger partial charge in [0, 0.05) is 84.3 Å². The zero-order valence-electron chi connectivity index (χ0n) is 32.6. The predicted octanol–water partition coefficient (Wildman–Crippen LogP) is 6.92. The number of nitrogens with one attached hydrogen (secondary N) is 3. The summed E-state index contributed by atoms with van der Waals surface area (Å²) in [7, 11) is 0. The van der Waals surface area contributed by atoms with Crippen LogP contribution in [0.5, 0.6) is 0 Å². The fraction of sp³-hybridized carbons (Fsp3) is 0.302. The average Bonchev–Trinajstić information content (AvgIpc) is 4.08. The fourth-order valence-electron chi connectivity index (χ4n) is 5.43. The number of aryl methyl sites for hydroxylation is 2. The first-order valence-electron chi connectivity index (χ1n) is 18.8. The number of nitrogens with zero attached hydrogens (tertiary/aromatic N) is 4. The van der Waals surface area contributed by atoms with Crippen LogP contribution in [-0.4, -0.2) is 72.4 Å². The Labute approximate surface area is 343 Å². The van der Waals surface area contributed by atoms with E-state index in [9.17, 15) is 9.59 Å². The molecule has 300 valence electrons. The van der Waals surface area contributed by atoms with Crippen LogP contribution in [-0.2, 0) is 11.2 Å². The summed E-state index contributed by atoms with van der Waals surface area (Å²) in [6.07, 6.45) is 13.5. The van der Waals surface area contributed by atoms with Gasteiger partial charge in [-0.3, -0.25) is 19.6 Å². The normalized spacial score (nSPS) is 15.8. The molecule has 12 nitrogen and oxygen atoms in total. The minimum atomic E-state index is 0.00639. The molecule has 2 aliphatic heterocycles. The van der Waals surface area contributed by atoms with E-state index in [1.54, 1.807) is 18.6 Å². The second-order valence-corrected chi connectivity index (χ2v) is 15.1. The Hall–Kier alpha value is -5.54. The quantitative estimate of drug-likeness (QED) is 0.0885. The third-order valence-corrected chi connectivity index (χ3v) is 10.1. The van der Waals surface area contributed by atoms with Gasteiger partial charge in [-0.15, -0.1) is 22.7 Å². The van der Waals surface area contributed by atoms with Gasteiger partial charge in [-0.05, 0) is 88.2 Å². The molecule has 2 unspecified atom stereocenters. The van der Waals surface area contributed by atoms with Crippen molar-refractivity contribution in [1.29, 1.82) is 0 Å². The number of nitrogen functional groups attached to an aromatic ring is 2. The topological polar surface area (TPSA) is 183 Å². The van der Waals surface area contributed by atoms with Crippen molar-refractivity contribution < 1.29 is 14.3 Å². The number of anilines is 2. The molecule has 2 fully saturated rings. The van der Waals surface area contributed by atoms with Crippen LogP contribution in [0.4, 0.5) is 10.3 Å². The highest BCUT2D eigenvalue weighted by atomic mass is 32.1. The fourth-order valence-corrected chi connectivity index (χ4v) is 6.58. The van der Waals surface area contributed by atoms with Crippen molar-refractivity contribution in [2.75, 3.05) is 50.9 Å². The lowest BCUT2D eigenvalue weighted by Gasteiger charge is -2.10. The van der Waals surface area contributed by atoms with E-state index < -0.39 is 0 Å². The maximum Gasteiger partial charge on any atom is 0.251 e. The van der Waals surface area contributed by atoms with Crippen LogP contribution in [0.1, 0.15) is 50.4 Å². The Morgan fingerprint density at radius 3 is 2.07 bits per heavy atom. The number of rotatable bonds is 11. The van der Waals surface area contributed by atoms with E-state index in [0.29, 0.717) is 28.6 Å². The van der Waals surface area contributed by atoms with E-state index in [4.69, 9.17) is 16.2 Å². The monoisotopic (exact) mass is 807 g/mol.